The Bertz CT molecular complexity index is 417. The fraction of sp³-hybridized carbons (Fsp3) is 0.905. The van der Waals surface area contributed by atoms with Crippen molar-refractivity contribution < 1.29 is 19.0 Å². The van der Waals surface area contributed by atoms with Crippen LogP contribution in [0, 0.1) is 11.8 Å². The first-order valence-corrected chi connectivity index (χ1v) is 13.1. The Morgan fingerprint density at radius 3 is 2.50 bits per heavy atom. The summed E-state index contributed by atoms with van der Waals surface area (Å²) in [5.74, 6) is 0.733. The molecule has 0 unspecified atom stereocenters. The summed E-state index contributed by atoms with van der Waals surface area (Å²) in [7, 11) is -0.0160. The molecule has 0 aliphatic heterocycles. The van der Waals surface area contributed by atoms with Crippen molar-refractivity contribution in [2.75, 3.05) is 20.5 Å². The number of ether oxygens (including phenoxy) is 2. The predicted molar refractivity (Wildman–Crippen MR) is 111 cm³/mol. The zero-order valence-electron chi connectivity index (χ0n) is 18.1. The van der Waals surface area contributed by atoms with Gasteiger partial charge in [0.2, 0.25) is 0 Å². The average molecular weight is 387 g/mol. The summed E-state index contributed by atoms with van der Waals surface area (Å²) < 4.78 is 17.1. The standard InChI is InChI=1S/C21H42O4Si/c1-17(25-26(6,7)21(2,3)4)11-9-8-10-12-18-13-20(24-16-23-5)14-19(18)15-22/h10,12,17-20,22H,8-9,11,13-16H2,1-7H3/b12-10+/t17-,18-,19+,20+/m1/s1. The fourth-order valence-electron chi connectivity index (χ4n) is 3.38. The van der Waals surface area contributed by atoms with Gasteiger partial charge >= 0.3 is 0 Å². The van der Waals surface area contributed by atoms with Gasteiger partial charge in [0.25, 0.3) is 0 Å². The van der Waals surface area contributed by atoms with Crippen LogP contribution >= 0.6 is 0 Å². The number of rotatable bonds is 11. The van der Waals surface area contributed by atoms with Crippen molar-refractivity contribution in [3.63, 3.8) is 0 Å². The van der Waals surface area contributed by atoms with E-state index in [0.29, 0.717) is 24.7 Å². The van der Waals surface area contributed by atoms with Crippen LogP contribution in [0.3, 0.4) is 0 Å². The molecule has 4 atom stereocenters. The zero-order valence-corrected chi connectivity index (χ0v) is 19.1. The minimum Gasteiger partial charge on any atom is -0.414 e. The van der Waals surface area contributed by atoms with Crippen LogP contribution in [0.25, 0.3) is 0 Å². The first-order valence-electron chi connectivity index (χ1n) is 10.2. The van der Waals surface area contributed by atoms with E-state index in [2.05, 4.69) is 52.9 Å². The Hall–Kier alpha value is -0.203. The smallest absolute Gasteiger partial charge is 0.192 e. The van der Waals surface area contributed by atoms with Crippen LogP contribution in [-0.2, 0) is 13.9 Å². The van der Waals surface area contributed by atoms with Gasteiger partial charge in [0.15, 0.2) is 8.32 Å². The highest BCUT2D eigenvalue weighted by molar-refractivity contribution is 6.74. The summed E-state index contributed by atoms with van der Waals surface area (Å²) in [5, 5.41) is 9.86. The van der Waals surface area contributed by atoms with Crippen molar-refractivity contribution in [3.05, 3.63) is 12.2 Å². The van der Waals surface area contributed by atoms with E-state index in [-0.39, 0.29) is 17.7 Å². The fourth-order valence-corrected chi connectivity index (χ4v) is 4.86. The topological polar surface area (TPSA) is 47.9 Å². The molecule has 154 valence electrons. The first-order chi connectivity index (χ1) is 12.1. The number of hydrogen-bond acceptors (Lipinski definition) is 4. The molecule has 0 aromatic carbocycles. The zero-order chi connectivity index (χ0) is 19.8. The van der Waals surface area contributed by atoms with Gasteiger partial charge in [0.1, 0.15) is 6.79 Å². The molecular formula is C21H42O4Si. The lowest BCUT2D eigenvalue weighted by molar-refractivity contribution is -0.0707. The third-order valence-electron chi connectivity index (χ3n) is 6.03. The Morgan fingerprint density at radius 2 is 1.92 bits per heavy atom. The van der Waals surface area contributed by atoms with Crippen molar-refractivity contribution in [3.8, 4) is 0 Å². The molecule has 0 amide bonds. The van der Waals surface area contributed by atoms with Gasteiger partial charge in [-0.2, -0.15) is 0 Å². The molecule has 4 nitrogen and oxygen atoms in total. The molecule has 0 heterocycles. The molecule has 0 radical (unpaired) electrons. The van der Waals surface area contributed by atoms with Crippen molar-refractivity contribution in [1.82, 2.24) is 0 Å². The number of hydrogen-bond donors (Lipinski definition) is 1. The highest BCUT2D eigenvalue weighted by Gasteiger charge is 2.38. The second kappa shape index (κ2) is 11.0. The van der Waals surface area contributed by atoms with Gasteiger partial charge in [0.05, 0.1) is 6.10 Å². The van der Waals surface area contributed by atoms with E-state index in [0.717, 1.165) is 32.1 Å². The molecule has 1 aliphatic carbocycles. The number of aliphatic hydroxyl groups is 1. The van der Waals surface area contributed by atoms with E-state index in [9.17, 15) is 5.11 Å². The van der Waals surface area contributed by atoms with E-state index in [1.807, 2.05) is 0 Å². The Morgan fingerprint density at radius 1 is 1.23 bits per heavy atom. The van der Waals surface area contributed by atoms with Crippen molar-refractivity contribution in [2.45, 2.75) is 90.1 Å². The molecule has 0 bridgehead atoms. The quantitative estimate of drug-likeness (QED) is 0.231. The predicted octanol–water partition coefficient (Wildman–Crippen LogP) is 5.13. The molecule has 1 fully saturated rings. The molecule has 0 aromatic heterocycles. The number of methoxy groups -OCH3 is 1. The van der Waals surface area contributed by atoms with Crippen LogP contribution in [-0.4, -0.2) is 46.1 Å². The lowest BCUT2D eigenvalue weighted by Crippen LogP contribution is -2.43. The van der Waals surface area contributed by atoms with Gasteiger partial charge in [-0.1, -0.05) is 32.9 Å². The minimum absolute atomic E-state index is 0.208. The average Bonchev–Trinajstić information content (AvgIpc) is 2.93. The maximum atomic E-state index is 9.60. The number of allylic oxidation sites excluding steroid dienone is 2. The molecule has 5 heteroatoms. The second-order valence-corrected chi connectivity index (χ2v) is 14.1. The molecule has 1 saturated carbocycles. The summed E-state index contributed by atoms with van der Waals surface area (Å²) in [4.78, 5) is 0. The highest BCUT2D eigenvalue weighted by atomic mass is 28.4. The maximum Gasteiger partial charge on any atom is 0.192 e. The van der Waals surface area contributed by atoms with Crippen LogP contribution in [0.15, 0.2) is 12.2 Å². The summed E-state index contributed by atoms with van der Waals surface area (Å²) in [6.45, 7) is 14.3. The Labute approximate surface area is 162 Å². The van der Waals surface area contributed by atoms with Crippen molar-refractivity contribution >= 4 is 8.32 Å². The van der Waals surface area contributed by atoms with Gasteiger partial charge < -0.3 is 19.0 Å². The van der Waals surface area contributed by atoms with E-state index < -0.39 is 8.32 Å². The van der Waals surface area contributed by atoms with Crippen molar-refractivity contribution in [1.29, 1.82) is 0 Å². The van der Waals surface area contributed by atoms with Crippen LogP contribution in [0.4, 0.5) is 0 Å². The highest BCUT2D eigenvalue weighted by Crippen LogP contribution is 2.38. The van der Waals surface area contributed by atoms with Gasteiger partial charge in [-0.15, -0.1) is 0 Å². The van der Waals surface area contributed by atoms with Crippen LogP contribution < -0.4 is 0 Å². The third kappa shape index (κ3) is 7.81. The third-order valence-corrected chi connectivity index (χ3v) is 10.6. The van der Waals surface area contributed by atoms with E-state index in [4.69, 9.17) is 13.9 Å². The molecule has 0 saturated heterocycles. The summed E-state index contributed by atoms with van der Waals surface area (Å²) in [5.41, 5.74) is 0. The maximum absolute atomic E-state index is 9.60. The first kappa shape index (κ1) is 23.8. The normalized spacial score (nSPS) is 25.9. The molecule has 0 aromatic rings. The van der Waals surface area contributed by atoms with E-state index in [1.165, 1.54) is 0 Å². The van der Waals surface area contributed by atoms with E-state index in [1.54, 1.807) is 7.11 Å². The number of aliphatic hydroxyl groups excluding tert-OH is 1. The lowest BCUT2D eigenvalue weighted by atomic mass is 9.96. The summed E-state index contributed by atoms with van der Waals surface area (Å²) in [6.07, 6.45) is 10.3. The monoisotopic (exact) mass is 386 g/mol. The van der Waals surface area contributed by atoms with Crippen LogP contribution in [0.2, 0.25) is 18.1 Å². The summed E-state index contributed by atoms with van der Waals surface area (Å²) >= 11 is 0. The van der Waals surface area contributed by atoms with Crippen LogP contribution in [0.5, 0.6) is 0 Å². The molecule has 0 spiro atoms. The van der Waals surface area contributed by atoms with E-state index >= 15 is 0 Å². The molecule has 1 rings (SSSR count). The summed E-state index contributed by atoms with van der Waals surface area (Å²) in [6, 6.07) is 0. The minimum atomic E-state index is -1.66. The Kier molecular flexibility index (Phi) is 10.0. The van der Waals surface area contributed by atoms with Gasteiger partial charge in [-0.25, -0.2) is 0 Å². The Balaban J connectivity index is 2.31. The second-order valence-electron chi connectivity index (χ2n) is 9.32. The molecular weight excluding hydrogens is 344 g/mol. The van der Waals surface area contributed by atoms with Crippen molar-refractivity contribution in [2.24, 2.45) is 11.8 Å². The largest absolute Gasteiger partial charge is 0.414 e. The van der Waals surface area contributed by atoms with Crippen LogP contribution in [0.1, 0.15) is 59.8 Å². The molecule has 26 heavy (non-hydrogen) atoms. The van der Waals surface area contributed by atoms with Gasteiger partial charge in [-0.3, -0.25) is 0 Å². The lowest BCUT2D eigenvalue weighted by Gasteiger charge is -2.38. The SMILES string of the molecule is COCO[C@@H]1C[C@@H](CO)[C@H](/C=C/CCC[C@@H](C)O[Si](C)(C)C(C)(C)C)C1. The number of unbranched alkanes of at least 4 members (excludes halogenated alkanes) is 1. The molecule has 1 aliphatic rings. The van der Waals surface area contributed by atoms with Gasteiger partial charge in [0, 0.05) is 19.8 Å². The molecule has 1 N–H and O–H groups in total. The van der Waals surface area contributed by atoms with Gasteiger partial charge in [-0.05, 0) is 69.0 Å².